The number of sulfone groups is 1. The van der Waals surface area contributed by atoms with Crippen molar-refractivity contribution in [3.63, 3.8) is 0 Å². The second-order valence-electron chi connectivity index (χ2n) is 9.10. The number of imidazole rings is 1. The van der Waals surface area contributed by atoms with Crippen LogP contribution in [0.3, 0.4) is 0 Å². The van der Waals surface area contributed by atoms with Crippen LogP contribution in [0.25, 0.3) is 22.2 Å². The van der Waals surface area contributed by atoms with Gasteiger partial charge in [0, 0.05) is 18.7 Å². The average molecular weight is 459 g/mol. The number of aromatic amines is 1. The minimum atomic E-state index is -3.51. The Kier molecular flexibility index (Phi) is 5.71. The molecule has 5 rings (SSSR count). The topological polar surface area (TPSA) is 110 Å². The molecule has 9 heteroatoms. The Morgan fingerprint density at radius 1 is 1.16 bits per heavy atom. The molecule has 3 aromatic rings. The molecule has 1 saturated carbocycles. The van der Waals surface area contributed by atoms with Crippen LogP contribution >= 0.6 is 0 Å². The Labute approximate surface area is 188 Å². The molecule has 0 amide bonds. The Morgan fingerprint density at radius 2 is 1.97 bits per heavy atom. The number of nitrogens with zero attached hydrogens (tertiary/aromatic N) is 2. The molecule has 0 radical (unpaired) electrons. The molecule has 3 heterocycles. The Morgan fingerprint density at radius 3 is 2.66 bits per heavy atom. The smallest absolute Gasteiger partial charge is 0.201 e. The van der Waals surface area contributed by atoms with E-state index in [4.69, 9.17) is 9.26 Å². The average Bonchev–Trinajstić information content (AvgIpc) is 3.54. The molecule has 1 aliphatic heterocycles. The summed E-state index contributed by atoms with van der Waals surface area (Å²) in [5.74, 6) is 1.60. The molecule has 0 spiro atoms. The fraction of sp³-hybridized carbons (Fsp3) is 0.565. The molecule has 1 atom stereocenters. The van der Waals surface area contributed by atoms with Crippen molar-refractivity contribution < 1.29 is 17.7 Å². The number of fused-ring (bicyclic) bond motifs is 1. The second kappa shape index (κ2) is 8.51. The first-order chi connectivity index (χ1) is 15.4. The third-order valence-corrected chi connectivity index (χ3v) is 8.55. The predicted octanol–water partition coefficient (Wildman–Crippen LogP) is 4.39. The zero-order valence-electron chi connectivity index (χ0n) is 18.6. The van der Waals surface area contributed by atoms with Crippen molar-refractivity contribution >= 4 is 26.8 Å². The van der Waals surface area contributed by atoms with Crippen molar-refractivity contribution in [2.24, 2.45) is 5.92 Å². The zero-order valence-corrected chi connectivity index (χ0v) is 19.4. The summed E-state index contributed by atoms with van der Waals surface area (Å²) in [4.78, 5) is 8.19. The molecule has 2 fully saturated rings. The number of anilines is 1. The van der Waals surface area contributed by atoms with Crippen LogP contribution in [0.5, 0.6) is 0 Å². The van der Waals surface area contributed by atoms with Crippen LogP contribution in [0.2, 0.25) is 0 Å². The van der Waals surface area contributed by atoms with Gasteiger partial charge in [-0.05, 0) is 63.1 Å². The van der Waals surface area contributed by atoms with Crippen molar-refractivity contribution in [3.05, 3.63) is 23.6 Å². The van der Waals surface area contributed by atoms with Gasteiger partial charge in [0.1, 0.15) is 11.3 Å². The first-order valence-corrected chi connectivity index (χ1v) is 13.1. The third kappa shape index (κ3) is 4.15. The standard InChI is InChI=1S/C23H30N4O4S/c1-14-21(15(2)31-27-14)17-10-19-22(26-23(25-19)24-12-18-8-5-9-30-18)20(11-17)32(28,29)13-16-6-3-4-7-16/h10-11,16,18H,3-9,12-13H2,1-2H3,(H2,24,25,26). The third-order valence-electron chi connectivity index (χ3n) is 6.66. The number of aromatic nitrogens is 3. The van der Waals surface area contributed by atoms with E-state index < -0.39 is 9.84 Å². The molecule has 32 heavy (non-hydrogen) atoms. The van der Waals surface area contributed by atoms with E-state index in [1.807, 2.05) is 19.9 Å². The van der Waals surface area contributed by atoms with Crippen LogP contribution in [0.4, 0.5) is 5.95 Å². The van der Waals surface area contributed by atoms with Crippen molar-refractivity contribution in [1.29, 1.82) is 0 Å². The largest absolute Gasteiger partial charge is 0.376 e. The maximum atomic E-state index is 13.5. The minimum absolute atomic E-state index is 0.159. The normalized spacial score (nSPS) is 19.9. The Balaban J connectivity index is 1.56. The number of nitrogens with one attached hydrogen (secondary N) is 2. The summed E-state index contributed by atoms with van der Waals surface area (Å²) in [7, 11) is -3.51. The zero-order chi connectivity index (χ0) is 22.3. The first-order valence-electron chi connectivity index (χ1n) is 11.5. The molecular weight excluding hydrogens is 428 g/mol. The molecule has 1 aliphatic carbocycles. The van der Waals surface area contributed by atoms with Gasteiger partial charge in [0.2, 0.25) is 5.95 Å². The summed E-state index contributed by atoms with van der Waals surface area (Å²) in [5.41, 5.74) is 3.49. The summed E-state index contributed by atoms with van der Waals surface area (Å²) < 4.78 is 38.1. The van der Waals surface area contributed by atoms with Gasteiger partial charge >= 0.3 is 0 Å². The van der Waals surface area contributed by atoms with E-state index in [-0.39, 0.29) is 22.7 Å². The lowest BCUT2D eigenvalue weighted by atomic mass is 10.0. The summed E-state index contributed by atoms with van der Waals surface area (Å²) in [5, 5.41) is 7.34. The molecule has 0 bridgehead atoms. The van der Waals surface area contributed by atoms with Gasteiger partial charge in [0.15, 0.2) is 9.84 Å². The second-order valence-corrected chi connectivity index (χ2v) is 11.1. The lowest BCUT2D eigenvalue weighted by Gasteiger charge is -2.12. The molecular formula is C23H30N4O4S. The predicted molar refractivity (Wildman–Crippen MR) is 123 cm³/mol. The van der Waals surface area contributed by atoms with Gasteiger partial charge in [-0.15, -0.1) is 0 Å². The summed E-state index contributed by atoms with van der Waals surface area (Å²) in [6, 6.07) is 3.67. The monoisotopic (exact) mass is 458 g/mol. The van der Waals surface area contributed by atoms with E-state index in [1.54, 1.807) is 6.07 Å². The van der Waals surface area contributed by atoms with E-state index in [0.717, 1.165) is 62.0 Å². The highest BCUT2D eigenvalue weighted by molar-refractivity contribution is 7.91. The molecule has 1 aromatic carbocycles. The molecule has 2 N–H and O–H groups in total. The Hall–Kier alpha value is -2.39. The van der Waals surface area contributed by atoms with Gasteiger partial charge in [-0.25, -0.2) is 13.4 Å². The van der Waals surface area contributed by atoms with E-state index in [9.17, 15) is 8.42 Å². The van der Waals surface area contributed by atoms with E-state index in [2.05, 4.69) is 20.4 Å². The van der Waals surface area contributed by atoms with Crippen LogP contribution in [-0.2, 0) is 14.6 Å². The van der Waals surface area contributed by atoms with Gasteiger partial charge in [-0.3, -0.25) is 0 Å². The quantitative estimate of drug-likeness (QED) is 0.540. The lowest BCUT2D eigenvalue weighted by molar-refractivity contribution is 0.120. The van der Waals surface area contributed by atoms with Gasteiger partial charge in [-0.2, -0.15) is 0 Å². The fourth-order valence-electron chi connectivity index (χ4n) is 5.04. The maximum Gasteiger partial charge on any atom is 0.201 e. The van der Waals surface area contributed by atoms with E-state index in [1.165, 1.54) is 0 Å². The van der Waals surface area contributed by atoms with Gasteiger partial charge in [0.05, 0.1) is 28.0 Å². The molecule has 8 nitrogen and oxygen atoms in total. The van der Waals surface area contributed by atoms with Crippen molar-refractivity contribution in [3.8, 4) is 11.1 Å². The van der Waals surface area contributed by atoms with Crippen molar-refractivity contribution in [2.45, 2.75) is 63.4 Å². The van der Waals surface area contributed by atoms with Crippen LogP contribution in [0, 0.1) is 19.8 Å². The SMILES string of the molecule is Cc1noc(C)c1-c1cc(S(=O)(=O)CC2CCCC2)c2nc(NCC3CCCO3)[nH]c2c1. The number of hydrogen-bond donors (Lipinski definition) is 2. The molecule has 1 unspecified atom stereocenters. The van der Waals surface area contributed by atoms with Gasteiger partial charge in [-0.1, -0.05) is 18.0 Å². The van der Waals surface area contributed by atoms with Crippen molar-refractivity contribution in [2.75, 3.05) is 24.2 Å². The van der Waals surface area contributed by atoms with Crippen LogP contribution in [-0.4, -0.2) is 48.6 Å². The highest BCUT2D eigenvalue weighted by Gasteiger charge is 2.28. The van der Waals surface area contributed by atoms with Crippen molar-refractivity contribution in [1.82, 2.24) is 15.1 Å². The summed E-state index contributed by atoms with van der Waals surface area (Å²) in [6.07, 6.45) is 6.40. The Bertz CT molecular complexity index is 1200. The van der Waals surface area contributed by atoms with Gasteiger partial charge in [0.25, 0.3) is 0 Å². The highest BCUT2D eigenvalue weighted by atomic mass is 32.2. The summed E-state index contributed by atoms with van der Waals surface area (Å²) >= 11 is 0. The number of ether oxygens (including phenoxy) is 1. The summed E-state index contributed by atoms with van der Waals surface area (Å²) in [6.45, 7) is 5.13. The van der Waals surface area contributed by atoms with E-state index >= 15 is 0 Å². The van der Waals surface area contributed by atoms with Crippen LogP contribution in [0.1, 0.15) is 50.0 Å². The number of rotatable bonds is 7. The number of hydrogen-bond acceptors (Lipinski definition) is 7. The van der Waals surface area contributed by atoms with Gasteiger partial charge < -0.3 is 19.6 Å². The lowest BCUT2D eigenvalue weighted by Crippen LogP contribution is -2.18. The molecule has 1 saturated heterocycles. The number of aryl methyl sites for hydroxylation is 2. The fourth-order valence-corrected chi connectivity index (χ4v) is 6.93. The maximum absolute atomic E-state index is 13.5. The highest BCUT2D eigenvalue weighted by Crippen LogP contribution is 2.36. The molecule has 2 aliphatic rings. The molecule has 2 aromatic heterocycles. The molecule has 172 valence electrons. The van der Waals surface area contributed by atoms with Crippen LogP contribution in [0.15, 0.2) is 21.6 Å². The van der Waals surface area contributed by atoms with E-state index in [0.29, 0.717) is 29.3 Å². The van der Waals surface area contributed by atoms with Crippen LogP contribution < -0.4 is 5.32 Å². The first kappa shape index (κ1) is 21.5. The number of benzene rings is 1. The minimum Gasteiger partial charge on any atom is -0.376 e. The number of H-pyrrole nitrogens is 1.